The highest BCUT2D eigenvalue weighted by molar-refractivity contribution is 7.94. The van der Waals surface area contributed by atoms with Crippen LogP contribution < -0.4 is 0 Å². The molecule has 0 aliphatic rings. The quantitative estimate of drug-likeness (QED) is 0.747. The van der Waals surface area contributed by atoms with Gasteiger partial charge in [-0.05, 0) is 24.3 Å². The summed E-state index contributed by atoms with van der Waals surface area (Å²) in [5.41, 5.74) is 0. The number of furan rings is 2. The average Bonchev–Trinajstić information content (AvgIpc) is 2.90. The van der Waals surface area contributed by atoms with E-state index in [0.717, 1.165) is 17.8 Å². The molecule has 0 radical (unpaired) electrons. The number of carbonyl (C=O) groups is 1. The first kappa shape index (κ1) is 9.92. The van der Waals surface area contributed by atoms with Crippen LogP contribution in [0.2, 0.25) is 0 Å². The third-order valence-corrected chi connectivity index (χ3v) is 2.31. The predicted molar refractivity (Wildman–Crippen MR) is 54.1 cm³/mol. The predicted octanol–water partition coefficient (Wildman–Crippen LogP) is 2.88. The lowest BCUT2D eigenvalue weighted by molar-refractivity contribution is 0.0735. The molecule has 0 amide bonds. The van der Waals surface area contributed by atoms with Crippen LogP contribution in [0.1, 0.15) is 16.3 Å². The smallest absolute Gasteiger partial charge is 0.386 e. The van der Waals surface area contributed by atoms with Gasteiger partial charge in [0.25, 0.3) is 0 Å². The standard InChI is InChI=1S/C10H8O4S/c11-10(9-4-2-6-13-9)14-15-7-8-3-1-5-12-8/h1-6H,7H2. The molecule has 2 aromatic rings. The van der Waals surface area contributed by atoms with Crippen molar-refractivity contribution in [3.8, 4) is 0 Å². The van der Waals surface area contributed by atoms with Crippen molar-refractivity contribution >= 4 is 18.0 Å². The van der Waals surface area contributed by atoms with Crippen LogP contribution in [0.25, 0.3) is 0 Å². The Labute approximate surface area is 90.4 Å². The van der Waals surface area contributed by atoms with E-state index in [2.05, 4.69) is 0 Å². The van der Waals surface area contributed by atoms with Crippen LogP contribution in [-0.2, 0) is 9.94 Å². The van der Waals surface area contributed by atoms with Gasteiger partial charge in [0.15, 0.2) is 0 Å². The summed E-state index contributed by atoms with van der Waals surface area (Å²) in [5, 5.41) is 0. The lowest BCUT2D eigenvalue weighted by Gasteiger charge is -1.98. The van der Waals surface area contributed by atoms with Gasteiger partial charge in [0.1, 0.15) is 5.76 Å². The van der Waals surface area contributed by atoms with Crippen LogP contribution in [0, 0.1) is 0 Å². The Hall–Kier alpha value is -1.62. The molecule has 0 aliphatic heterocycles. The van der Waals surface area contributed by atoms with Crippen LogP contribution >= 0.6 is 12.0 Å². The maximum atomic E-state index is 11.3. The summed E-state index contributed by atoms with van der Waals surface area (Å²) in [6.45, 7) is 0. The minimum absolute atomic E-state index is 0.196. The Morgan fingerprint density at radius 3 is 2.73 bits per heavy atom. The molecule has 0 aliphatic carbocycles. The van der Waals surface area contributed by atoms with E-state index in [0.29, 0.717) is 5.75 Å². The normalized spacial score (nSPS) is 10.1. The van der Waals surface area contributed by atoms with Crippen LogP contribution in [0.15, 0.2) is 45.6 Å². The van der Waals surface area contributed by atoms with E-state index in [1.807, 2.05) is 6.07 Å². The fraction of sp³-hybridized carbons (Fsp3) is 0.100. The fourth-order valence-corrected chi connectivity index (χ4v) is 1.50. The van der Waals surface area contributed by atoms with Gasteiger partial charge in [0.05, 0.1) is 30.3 Å². The Balaban J connectivity index is 1.77. The van der Waals surface area contributed by atoms with Gasteiger partial charge in [-0.2, -0.15) is 0 Å². The summed E-state index contributed by atoms with van der Waals surface area (Å²) >= 11 is 1.01. The minimum atomic E-state index is -0.489. The second-order valence-electron chi connectivity index (χ2n) is 2.69. The highest BCUT2D eigenvalue weighted by Gasteiger charge is 2.10. The number of rotatable bonds is 4. The molecule has 0 saturated carbocycles. The van der Waals surface area contributed by atoms with Gasteiger partial charge >= 0.3 is 5.97 Å². The lowest BCUT2D eigenvalue weighted by Crippen LogP contribution is -1.97. The number of hydrogen-bond acceptors (Lipinski definition) is 5. The topological polar surface area (TPSA) is 52.6 Å². The first-order valence-corrected chi connectivity index (χ1v) is 5.17. The van der Waals surface area contributed by atoms with Crippen molar-refractivity contribution in [2.24, 2.45) is 0 Å². The zero-order valence-corrected chi connectivity index (χ0v) is 8.53. The summed E-state index contributed by atoms with van der Waals surface area (Å²) in [6, 6.07) is 6.78. The molecule has 0 saturated heterocycles. The van der Waals surface area contributed by atoms with Crippen LogP contribution in [0.5, 0.6) is 0 Å². The Bertz CT molecular complexity index is 405. The van der Waals surface area contributed by atoms with Gasteiger partial charge in [0, 0.05) is 0 Å². The summed E-state index contributed by atoms with van der Waals surface area (Å²) in [5.74, 6) is 0.949. The van der Waals surface area contributed by atoms with E-state index in [1.165, 1.54) is 6.26 Å². The van der Waals surface area contributed by atoms with E-state index >= 15 is 0 Å². The molecular formula is C10H8O4S. The largest absolute Gasteiger partial charge is 0.468 e. The second kappa shape index (κ2) is 4.75. The molecule has 0 N–H and O–H groups in total. The van der Waals surface area contributed by atoms with Crippen molar-refractivity contribution in [3.05, 3.63) is 48.3 Å². The van der Waals surface area contributed by atoms with Crippen molar-refractivity contribution in [2.75, 3.05) is 0 Å². The maximum Gasteiger partial charge on any atom is 0.386 e. The van der Waals surface area contributed by atoms with Crippen molar-refractivity contribution < 1.29 is 17.8 Å². The molecule has 0 atom stereocenters. The van der Waals surface area contributed by atoms with Gasteiger partial charge in [-0.15, -0.1) is 0 Å². The number of carbonyl (C=O) groups excluding carboxylic acids is 1. The Morgan fingerprint density at radius 2 is 2.07 bits per heavy atom. The van der Waals surface area contributed by atoms with Gasteiger partial charge in [-0.1, -0.05) is 0 Å². The highest BCUT2D eigenvalue weighted by atomic mass is 32.2. The molecular weight excluding hydrogens is 216 g/mol. The van der Waals surface area contributed by atoms with Crippen LogP contribution in [0.3, 0.4) is 0 Å². The van der Waals surface area contributed by atoms with E-state index in [9.17, 15) is 4.79 Å². The molecule has 4 nitrogen and oxygen atoms in total. The molecule has 0 aromatic carbocycles. The van der Waals surface area contributed by atoms with Crippen molar-refractivity contribution in [1.82, 2.24) is 0 Å². The summed E-state index contributed by atoms with van der Waals surface area (Å²) in [7, 11) is 0. The third kappa shape index (κ3) is 2.66. The van der Waals surface area contributed by atoms with Crippen molar-refractivity contribution in [2.45, 2.75) is 5.75 Å². The van der Waals surface area contributed by atoms with Crippen molar-refractivity contribution in [1.29, 1.82) is 0 Å². The van der Waals surface area contributed by atoms with Crippen LogP contribution in [-0.4, -0.2) is 5.97 Å². The zero-order valence-electron chi connectivity index (χ0n) is 7.71. The first-order chi connectivity index (χ1) is 7.36. The monoisotopic (exact) mass is 224 g/mol. The summed E-state index contributed by atoms with van der Waals surface area (Å²) < 4.78 is 14.8. The lowest BCUT2D eigenvalue weighted by atomic mass is 10.5. The molecule has 15 heavy (non-hydrogen) atoms. The Morgan fingerprint density at radius 1 is 1.27 bits per heavy atom. The van der Waals surface area contributed by atoms with Crippen molar-refractivity contribution in [3.63, 3.8) is 0 Å². The fourth-order valence-electron chi connectivity index (χ4n) is 0.972. The highest BCUT2D eigenvalue weighted by Crippen LogP contribution is 2.16. The van der Waals surface area contributed by atoms with E-state index < -0.39 is 5.97 Å². The maximum absolute atomic E-state index is 11.3. The van der Waals surface area contributed by atoms with Gasteiger partial charge < -0.3 is 13.0 Å². The van der Waals surface area contributed by atoms with Gasteiger partial charge in [-0.3, -0.25) is 0 Å². The first-order valence-electron chi connectivity index (χ1n) is 4.26. The molecule has 5 heteroatoms. The molecule has 0 spiro atoms. The Kier molecular flexibility index (Phi) is 3.14. The molecule has 2 rings (SSSR count). The third-order valence-electron chi connectivity index (χ3n) is 1.64. The second-order valence-corrected chi connectivity index (χ2v) is 3.38. The average molecular weight is 224 g/mol. The molecule has 0 bridgehead atoms. The van der Waals surface area contributed by atoms with E-state index in [4.69, 9.17) is 13.0 Å². The minimum Gasteiger partial charge on any atom is -0.468 e. The van der Waals surface area contributed by atoms with E-state index in [1.54, 1.807) is 24.5 Å². The summed E-state index contributed by atoms with van der Waals surface area (Å²) in [4.78, 5) is 11.3. The van der Waals surface area contributed by atoms with Crippen LogP contribution in [0.4, 0.5) is 0 Å². The molecule has 0 unspecified atom stereocenters. The van der Waals surface area contributed by atoms with E-state index in [-0.39, 0.29) is 5.76 Å². The molecule has 78 valence electrons. The number of hydrogen-bond donors (Lipinski definition) is 0. The zero-order chi connectivity index (χ0) is 10.5. The van der Waals surface area contributed by atoms with Gasteiger partial charge in [-0.25, -0.2) is 4.79 Å². The molecule has 2 heterocycles. The van der Waals surface area contributed by atoms with Gasteiger partial charge in [0.2, 0.25) is 5.76 Å². The summed E-state index contributed by atoms with van der Waals surface area (Å²) in [6.07, 6.45) is 3.00. The SMILES string of the molecule is O=C(OSCc1ccco1)c1ccco1. The molecule has 2 aromatic heterocycles. The molecule has 0 fully saturated rings.